The van der Waals surface area contributed by atoms with Gasteiger partial charge >= 0.3 is 12.0 Å². The molecule has 0 atom stereocenters. The van der Waals surface area contributed by atoms with Crippen LogP contribution in [0.5, 0.6) is 0 Å². The number of benzene rings is 1. The van der Waals surface area contributed by atoms with Crippen LogP contribution >= 0.6 is 0 Å². The molecular weight excluding hydrogens is 445 g/mol. The molecule has 1 saturated heterocycles. The fourth-order valence-corrected chi connectivity index (χ4v) is 4.68. The molecule has 0 unspecified atom stereocenters. The molecule has 1 aliphatic rings. The van der Waals surface area contributed by atoms with Gasteiger partial charge in [0.25, 0.3) is 5.91 Å². The van der Waals surface area contributed by atoms with Gasteiger partial charge in [0.05, 0.1) is 18.4 Å². The number of imide groups is 1. The lowest BCUT2D eigenvalue weighted by molar-refractivity contribution is -0.123. The zero-order valence-corrected chi connectivity index (χ0v) is 17.8. The van der Waals surface area contributed by atoms with Gasteiger partial charge in [0, 0.05) is 13.1 Å². The van der Waals surface area contributed by atoms with Crippen molar-refractivity contribution in [1.82, 2.24) is 14.9 Å². The molecule has 1 aromatic carbocycles. The molecular formula is C20H22FN3O7S. The highest BCUT2D eigenvalue weighted by Crippen LogP contribution is 2.24. The summed E-state index contributed by atoms with van der Waals surface area (Å²) < 4.78 is 50.7. The number of esters is 1. The number of hydrogen-bond donors (Lipinski definition) is 2. The van der Waals surface area contributed by atoms with Crippen LogP contribution in [0.3, 0.4) is 0 Å². The monoisotopic (exact) mass is 467 g/mol. The van der Waals surface area contributed by atoms with Crippen LogP contribution in [0.1, 0.15) is 35.4 Å². The number of sulfonamides is 1. The van der Waals surface area contributed by atoms with E-state index in [9.17, 15) is 27.2 Å². The quantitative estimate of drug-likeness (QED) is 0.593. The number of urea groups is 1. The summed E-state index contributed by atoms with van der Waals surface area (Å²) in [6, 6.07) is 5.25. The molecule has 10 nitrogen and oxygen atoms in total. The highest BCUT2D eigenvalue weighted by Gasteiger charge is 2.29. The van der Waals surface area contributed by atoms with Gasteiger partial charge in [-0.15, -0.1) is 0 Å². The van der Waals surface area contributed by atoms with Crippen LogP contribution in [0.25, 0.3) is 0 Å². The van der Waals surface area contributed by atoms with Gasteiger partial charge in [-0.3, -0.25) is 10.1 Å². The van der Waals surface area contributed by atoms with Crippen LogP contribution in [0.15, 0.2) is 45.9 Å². The van der Waals surface area contributed by atoms with Crippen LogP contribution in [0.2, 0.25) is 0 Å². The van der Waals surface area contributed by atoms with Gasteiger partial charge in [0.2, 0.25) is 10.0 Å². The predicted molar refractivity (Wildman–Crippen MR) is 108 cm³/mol. The Balaban J connectivity index is 1.56. The van der Waals surface area contributed by atoms with Crippen molar-refractivity contribution in [3.05, 3.63) is 53.7 Å². The summed E-state index contributed by atoms with van der Waals surface area (Å²) in [5.74, 6) is -2.45. The molecule has 1 aliphatic heterocycles. The standard InChI is InChI=1S/C20H22FN3O7S/c21-16-7-6-14(11-17(16)32(28,29)24-8-2-1-3-9-24)19(26)31-13-18(25)23-20(27)22-12-15-5-4-10-30-15/h4-7,10-11H,1-3,8-9,12-13H2,(H2,22,23,25,27). The molecule has 172 valence electrons. The van der Waals surface area contributed by atoms with Crippen molar-refractivity contribution in [3.63, 3.8) is 0 Å². The number of nitrogens with one attached hydrogen (secondary N) is 2. The molecule has 0 aliphatic carbocycles. The second-order valence-corrected chi connectivity index (χ2v) is 8.90. The topological polar surface area (TPSA) is 135 Å². The number of carbonyl (C=O) groups is 3. The van der Waals surface area contributed by atoms with Gasteiger partial charge in [0.15, 0.2) is 6.61 Å². The van der Waals surface area contributed by atoms with E-state index in [1.54, 1.807) is 12.1 Å². The third kappa shape index (κ3) is 5.92. The Labute approximate surface area is 183 Å². The molecule has 0 radical (unpaired) electrons. The highest BCUT2D eigenvalue weighted by atomic mass is 32.2. The van der Waals surface area contributed by atoms with E-state index in [4.69, 9.17) is 9.15 Å². The van der Waals surface area contributed by atoms with E-state index >= 15 is 0 Å². The fourth-order valence-electron chi connectivity index (χ4n) is 3.07. The molecule has 0 saturated carbocycles. The molecule has 2 aromatic rings. The van der Waals surface area contributed by atoms with Gasteiger partial charge in [-0.1, -0.05) is 6.42 Å². The molecule has 2 N–H and O–H groups in total. The largest absolute Gasteiger partial charge is 0.467 e. The summed E-state index contributed by atoms with van der Waals surface area (Å²) in [5.41, 5.74) is -0.239. The normalized spacial score (nSPS) is 14.5. The SMILES string of the molecule is O=C(COC(=O)c1ccc(F)c(S(=O)(=O)N2CCCCC2)c1)NC(=O)NCc1ccco1. The number of carbonyl (C=O) groups excluding carboxylic acids is 3. The summed E-state index contributed by atoms with van der Waals surface area (Å²) in [6.07, 6.45) is 3.67. The van der Waals surface area contributed by atoms with E-state index in [1.807, 2.05) is 5.32 Å². The van der Waals surface area contributed by atoms with Gasteiger partial charge in [-0.05, 0) is 43.2 Å². The molecule has 3 amide bonds. The minimum Gasteiger partial charge on any atom is -0.467 e. The van der Waals surface area contributed by atoms with Crippen molar-refractivity contribution >= 4 is 27.9 Å². The number of ether oxygens (including phenoxy) is 1. The Morgan fingerprint density at radius 1 is 1.12 bits per heavy atom. The lowest BCUT2D eigenvalue weighted by Gasteiger charge is -2.26. The number of piperidine rings is 1. The first-order chi connectivity index (χ1) is 15.3. The summed E-state index contributed by atoms with van der Waals surface area (Å²) in [6.45, 7) is -0.189. The van der Waals surface area contributed by atoms with Crippen LogP contribution < -0.4 is 10.6 Å². The van der Waals surface area contributed by atoms with Crippen LogP contribution in [-0.2, 0) is 26.1 Å². The first-order valence-electron chi connectivity index (χ1n) is 9.84. The van der Waals surface area contributed by atoms with Crippen LogP contribution in [0.4, 0.5) is 9.18 Å². The Morgan fingerprint density at radius 3 is 2.56 bits per heavy atom. The lowest BCUT2D eigenvalue weighted by Crippen LogP contribution is -2.41. The molecule has 2 heterocycles. The summed E-state index contributed by atoms with van der Waals surface area (Å²) >= 11 is 0. The third-order valence-corrected chi connectivity index (χ3v) is 6.60. The second-order valence-electron chi connectivity index (χ2n) is 7.00. The zero-order valence-electron chi connectivity index (χ0n) is 17.0. The van der Waals surface area contributed by atoms with Gasteiger partial charge in [-0.25, -0.2) is 22.4 Å². The van der Waals surface area contributed by atoms with Gasteiger partial charge in [-0.2, -0.15) is 4.31 Å². The van der Waals surface area contributed by atoms with Crippen molar-refractivity contribution in [2.45, 2.75) is 30.7 Å². The van der Waals surface area contributed by atoms with Crippen LogP contribution in [0, 0.1) is 5.82 Å². The van der Waals surface area contributed by atoms with E-state index in [0.717, 1.165) is 24.6 Å². The number of furan rings is 1. The Morgan fingerprint density at radius 2 is 1.88 bits per heavy atom. The average molecular weight is 467 g/mol. The van der Waals surface area contributed by atoms with E-state index < -0.39 is 45.3 Å². The van der Waals surface area contributed by atoms with Gasteiger partial charge in [0.1, 0.15) is 16.5 Å². The number of rotatable bonds is 7. The van der Waals surface area contributed by atoms with Crippen molar-refractivity contribution in [1.29, 1.82) is 0 Å². The average Bonchev–Trinajstić information content (AvgIpc) is 3.30. The Hall–Kier alpha value is -3.25. The second kappa shape index (κ2) is 10.4. The maximum atomic E-state index is 14.2. The highest BCUT2D eigenvalue weighted by molar-refractivity contribution is 7.89. The fraction of sp³-hybridized carbons (Fsp3) is 0.350. The molecule has 12 heteroatoms. The number of nitrogens with zero attached hydrogens (tertiary/aromatic N) is 1. The molecule has 1 fully saturated rings. The first-order valence-corrected chi connectivity index (χ1v) is 11.3. The maximum Gasteiger partial charge on any atom is 0.338 e. The molecule has 0 spiro atoms. The van der Waals surface area contributed by atoms with Gasteiger partial charge < -0.3 is 14.5 Å². The van der Waals surface area contributed by atoms with Crippen molar-refractivity contribution in [2.24, 2.45) is 0 Å². The Bertz CT molecular complexity index is 1080. The number of hydrogen-bond acceptors (Lipinski definition) is 7. The molecule has 1 aromatic heterocycles. The predicted octanol–water partition coefficient (Wildman–Crippen LogP) is 1.78. The van der Waals surface area contributed by atoms with Crippen molar-refractivity contribution in [2.75, 3.05) is 19.7 Å². The smallest absolute Gasteiger partial charge is 0.338 e. The summed E-state index contributed by atoms with van der Waals surface area (Å²) in [7, 11) is -4.11. The molecule has 32 heavy (non-hydrogen) atoms. The molecule has 3 rings (SSSR count). The Kier molecular flexibility index (Phi) is 7.59. The number of amides is 3. The van der Waals surface area contributed by atoms with E-state index in [-0.39, 0.29) is 25.2 Å². The zero-order chi connectivity index (χ0) is 23.1. The van der Waals surface area contributed by atoms with Crippen molar-refractivity contribution in [3.8, 4) is 0 Å². The maximum absolute atomic E-state index is 14.2. The van der Waals surface area contributed by atoms with E-state index in [2.05, 4.69) is 5.32 Å². The summed E-state index contributed by atoms with van der Waals surface area (Å²) in [5, 5.41) is 4.35. The number of halogens is 1. The molecule has 0 bridgehead atoms. The first kappa shape index (κ1) is 23.4. The lowest BCUT2D eigenvalue weighted by atomic mass is 10.2. The van der Waals surface area contributed by atoms with Crippen LogP contribution in [-0.4, -0.2) is 50.3 Å². The minimum absolute atomic E-state index is 0.0513. The van der Waals surface area contributed by atoms with Crippen molar-refractivity contribution < 1.29 is 36.3 Å². The summed E-state index contributed by atoms with van der Waals surface area (Å²) in [4.78, 5) is 35.1. The van der Waals surface area contributed by atoms with E-state index in [1.165, 1.54) is 10.6 Å². The third-order valence-electron chi connectivity index (χ3n) is 4.69. The van der Waals surface area contributed by atoms with E-state index in [0.29, 0.717) is 18.6 Å². The minimum atomic E-state index is -4.11.